The Morgan fingerprint density at radius 2 is 1.56 bits per heavy atom. The fourth-order valence-electron chi connectivity index (χ4n) is 4.54. The normalized spacial score (nSPS) is 15.5. The summed E-state index contributed by atoms with van der Waals surface area (Å²) in [6.07, 6.45) is 0. The van der Waals surface area contributed by atoms with Crippen molar-refractivity contribution in [3.8, 4) is 0 Å². The number of amides is 1. The lowest BCUT2D eigenvalue weighted by Crippen LogP contribution is -2.54. The minimum Gasteiger partial charge on any atom is -0.369 e. The number of piperazine rings is 1. The van der Waals surface area contributed by atoms with Crippen LogP contribution in [0, 0.1) is 0 Å². The first-order chi connectivity index (χ1) is 15.5. The maximum atomic E-state index is 13.5. The van der Waals surface area contributed by atoms with E-state index >= 15 is 0 Å². The molecule has 0 saturated carbocycles. The van der Waals surface area contributed by atoms with Crippen molar-refractivity contribution in [1.29, 1.82) is 0 Å². The maximum absolute atomic E-state index is 13.5. The first kappa shape index (κ1) is 22.0. The number of likely N-dealkylation sites (N-methyl/N-ethyl adjacent to an activating group) is 1. The fraction of sp³-hybridized carbons (Fsp3) is 0.333. The van der Waals surface area contributed by atoms with Crippen molar-refractivity contribution in [3.05, 3.63) is 72.3 Å². The monoisotopic (exact) mass is 429 g/mol. The van der Waals surface area contributed by atoms with E-state index in [4.69, 9.17) is 0 Å². The predicted molar refractivity (Wildman–Crippen MR) is 132 cm³/mol. The molecule has 1 saturated heterocycles. The van der Waals surface area contributed by atoms with E-state index in [1.165, 1.54) is 0 Å². The molecule has 0 bridgehead atoms. The molecule has 5 nitrogen and oxygen atoms in total. The molecule has 1 atom stereocenters. The van der Waals surface area contributed by atoms with Crippen LogP contribution in [-0.4, -0.2) is 55.4 Å². The van der Waals surface area contributed by atoms with E-state index in [-0.39, 0.29) is 17.7 Å². The molecule has 32 heavy (non-hydrogen) atoms. The van der Waals surface area contributed by atoms with Gasteiger partial charge in [-0.3, -0.25) is 14.5 Å². The number of hydrogen-bond acceptors (Lipinski definition) is 4. The Labute approximate surface area is 190 Å². The second-order valence-corrected chi connectivity index (χ2v) is 8.38. The van der Waals surface area contributed by atoms with Crippen LogP contribution < -0.4 is 9.80 Å². The molecule has 1 aliphatic heterocycles. The van der Waals surface area contributed by atoms with Crippen LogP contribution in [0.2, 0.25) is 0 Å². The molecule has 0 radical (unpaired) electrons. The molecule has 1 amide bonds. The van der Waals surface area contributed by atoms with Gasteiger partial charge in [0.15, 0.2) is 5.78 Å². The third-order valence-electron chi connectivity index (χ3n) is 6.50. The molecular formula is C27H31N3O2. The van der Waals surface area contributed by atoms with Gasteiger partial charge in [-0.25, -0.2) is 0 Å². The molecule has 4 rings (SSSR count). The summed E-state index contributed by atoms with van der Waals surface area (Å²) in [6, 6.07) is 22.0. The highest BCUT2D eigenvalue weighted by atomic mass is 16.2. The van der Waals surface area contributed by atoms with Crippen molar-refractivity contribution >= 4 is 33.8 Å². The topological polar surface area (TPSA) is 43.9 Å². The number of anilines is 2. The highest BCUT2D eigenvalue weighted by Gasteiger charge is 2.29. The van der Waals surface area contributed by atoms with Crippen molar-refractivity contribution in [3.63, 3.8) is 0 Å². The highest BCUT2D eigenvalue weighted by molar-refractivity contribution is 6.05. The molecule has 3 aromatic carbocycles. The minimum atomic E-state index is -0.184. The van der Waals surface area contributed by atoms with Gasteiger partial charge in [-0.05, 0) is 56.5 Å². The lowest BCUT2D eigenvalue weighted by Gasteiger charge is -2.40. The summed E-state index contributed by atoms with van der Waals surface area (Å²) in [5, 5.41) is 2.25. The molecule has 0 spiro atoms. The van der Waals surface area contributed by atoms with Gasteiger partial charge in [0.05, 0.1) is 11.7 Å². The Morgan fingerprint density at radius 1 is 0.906 bits per heavy atom. The second-order valence-electron chi connectivity index (χ2n) is 8.38. The molecule has 0 aromatic heterocycles. The van der Waals surface area contributed by atoms with Crippen molar-refractivity contribution in [2.75, 3.05) is 42.5 Å². The van der Waals surface area contributed by atoms with Gasteiger partial charge in [-0.1, -0.05) is 36.4 Å². The van der Waals surface area contributed by atoms with Gasteiger partial charge in [0.1, 0.15) is 0 Å². The smallest absolute Gasteiger partial charge is 0.244 e. The van der Waals surface area contributed by atoms with Crippen LogP contribution in [-0.2, 0) is 4.79 Å². The van der Waals surface area contributed by atoms with Gasteiger partial charge in [-0.2, -0.15) is 0 Å². The Bertz CT molecular complexity index is 1100. The number of rotatable bonds is 6. The maximum Gasteiger partial charge on any atom is 0.244 e. The van der Waals surface area contributed by atoms with Crippen LogP contribution in [0.1, 0.15) is 31.1 Å². The summed E-state index contributed by atoms with van der Waals surface area (Å²) in [7, 11) is 0. The number of fused-ring (bicyclic) bond motifs is 1. The van der Waals surface area contributed by atoms with Gasteiger partial charge in [0, 0.05) is 49.4 Å². The van der Waals surface area contributed by atoms with E-state index in [0.29, 0.717) is 6.54 Å². The first-order valence-corrected chi connectivity index (χ1v) is 11.4. The molecule has 3 aromatic rings. The zero-order chi connectivity index (χ0) is 22.7. The third kappa shape index (κ3) is 4.39. The van der Waals surface area contributed by atoms with Gasteiger partial charge < -0.3 is 9.80 Å². The van der Waals surface area contributed by atoms with E-state index < -0.39 is 0 Å². The number of ketones is 1. The summed E-state index contributed by atoms with van der Waals surface area (Å²) < 4.78 is 0. The van der Waals surface area contributed by atoms with Gasteiger partial charge in [0.25, 0.3) is 0 Å². The van der Waals surface area contributed by atoms with E-state index in [0.717, 1.165) is 53.9 Å². The van der Waals surface area contributed by atoms with Crippen LogP contribution in [0.15, 0.2) is 66.7 Å². The third-order valence-corrected chi connectivity index (χ3v) is 6.50. The molecule has 5 heteroatoms. The number of hydrogen-bond donors (Lipinski definition) is 0. The molecule has 0 aliphatic carbocycles. The molecule has 1 heterocycles. The fourth-order valence-corrected chi connectivity index (χ4v) is 4.54. The van der Waals surface area contributed by atoms with Gasteiger partial charge in [0.2, 0.25) is 5.91 Å². The summed E-state index contributed by atoms with van der Waals surface area (Å²) in [4.78, 5) is 31.5. The minimum absolute atomic E-state index is 0.0837. The van der Waals surface area contributed by atoms with Crippen LogP contribution in [0.5, 0.6) is 0 Å². The number of nitrogens with zero attached hydrogens (tertiary/aromatic N) is 3. The summed E-state index contributed by atoms with van der Waals surface area (Å²) in [5.74, 6) is 0.225. The van der Waals surface area contributed by atoms with Crippen molar-refractivity contribution < 1.29 is 9.59 Å². The largest absolute Gasteiger partial charge is 0.369 e. The zero-order valence-electron chi connectivity index (χ0n) is 19.1. The summed E-state index contributed by atoms with van der Waals surface area (Å²) in [6.45, 7) is 9.66. The van der Waals surface area contributed by atoms with Crippen LogP contribution in [0.3, 0.4) is 0 Å². The van der Waals surface area contributed by atoms with Crippen LogP contribution in [0.4, 0.5) is 11.4 Å². The molecular weight excluding hydrogens is 398 g/mol. The molecule has 166 valence electrons. The van der Waals surface area contributed by atoms with Crippen molar-refractivity contribution in [1.82, 2.24) is 4.90 Å². The van der Waals surface area contributed by atoms with E-state index in [1.807, 2.05) is 67.3 Å². The van der Waals surface area contributed by atoms with Crippen LogP contribution in [0.25, 0.3) is 10.8 Å². The quantitative estimate of drug-likeness (QED) is 0.537. The van der Waals surface area contributed by atoms with E-state index in [9.17, 15) is 9.59 Å². The zero-order valence-corrected chi connectivity index (χ0v) is 19.1. The molecule has 1 fully saturated rings. The Balaban J connectivity index is 1.44. The lowest BCUT2D eigenvalue weighted by molar-refractivity contribution is -0.123. The van der Waals surface area contributed by atoms with E-state index in [1.54, 1.807) is 6.92 Å². The average Bonchev–Trinajstić information content (AvgIpc) is 2.84. The van der Waals surface area contributed by atoms with Gasteiger partial charge >= 0.3 is 0 Å². The van der Waals surface area contributed by atoms with Crippen LogP contribution >= 0.6 is 0 Å². The number of benzene rings is 3. The predicted octanol–water partition coefficient (Wildman–Crippen LogP) is 4.61. The lowest BCUT2D eigenvalue weighted by atomic mass is 10.1. The second kappa shape index (κ2) is 9.53. The Morgan fingerprint density at radius 3 is 2.22 bits per heavy atom. The molecule has 0 unspecified atom stereocenters. The number of carbonyl (C=O) groups is 2. The standard InChI is InChI=1S/C27H31N3O2/c1-4-30(26-11-7-9-23-8-5-6-10-25(23)26)27(32)20(2)28-16-18-29(19-17-28)24-14-12-22(13-15-24)21(3)31/h5-15,20H,4,16-19H2,1-3H3/t20-/m0/s1. The Kier molecular flexibility index (Phi) is 6.56. The highest BCUT2D eigenvalue weighted by Crippen LogP contribution is 2.28. The number of Topliss-reactive ketones (excluding diaryl/α,β-unsaturated/α-hetero) is 1. The first-order valence-electron chi connectivity index (χ1n) is 11.4. The van der Waals surface area contributed by atoms with E-state index in [2.05, 4.69) is 28.0 Å². The summed E-state index contributed by atoms with van der Waals surface area (Å²) in [5.41, 5.74) is 2.84. The molecule has 0 N–H and O–H groups in total. The molecule has 1 aliphatic rings. The Hall–Kier alpha value is -3.18. The summed E-state index contributed by atoms with van der Waals surface area (Å²) >= 11 is 0. The van der Waals surface area contributed by atoms with Crippen molar-refractivity contribution in [2.45, 2.75) is 26.8 Å². The number of carbonyl (C=O) groups excluding carboxylic acids is 2. The van der Waals surface area contributed by atoms with Crippen molar-refractivity contribution in [2.24, 2.45) is 0 Å². The van der Waals surface area contributed by atoms with Gasteiger partial charge in [-0.15, -0.1) is 0 Å². The average molecular weight is 430 g/mol. The SMILES string of the molecule is CCN(C(=O)[C@H](C)N1CCN(c2ccc(C(C)=O)cc2)CC1)c1cccc2ccccc12.